The van der Waals surface area contributed by atoms with Crippen molar-refractivity contribution in [2.75, 3.05) is 26.3 Å². The van der Waals surface area contributed by atoms with Gasteiger partial charge in [0.05, 0.1) is 32.0 Å². The molecule has 4 atom stereocenters. The minimum Gasteiger partial charge on any atom is -0.481 e. The highest BCUT2D eigenvalue weighted by Crippen LogP contribution is 2.37. The Morgan fingerprint density at radius 2 is 1.69 bits per heavy atom. The number of aliphatic hydroxyl groups excluding tert-OH is 1. The number of benzene rings is 2. The third kappa shape index (κ3) is 7.50. The molecule has 6 nitrogen and oxygen atoms in total. The van der Waals surface area contributed by atoms with E-state index in [0.29, 0.717) is 32.7 Å². The van der Waals surface area contributed by atoms with Gasteiger partial charge in [-0.15, -0.1) is 0 Å². The highest BCUT2D eigenvalue weighted by atomic mass is 16.5. The van der Waals surface area contributed by atoms with Crippen molar-refractivity contribution in [3.8, 4) is 11.1 Å². The van der Waals surface area contributed by atoms with Crippen molar-refractivity contribution in [1.29, 1.82) is 0 Å². The molecule has 0 bridgehead atoms. The molecule has 1 heterocycles. The van der Waals surface area contributed by atoms with Crippen LogP contribution in [0.5, 0.6) is 0 Å². The number of ether oxygens (including phenoxy) is 2. The van der Waals surface area contributed by atoms with Crippen LogP contribution in [0.4, 0.5) is 0 Å². The van der Waals surface area contributed by atoms with Crippen LogP contribution in [0.2, 0.25) is 0 Å². The molecule has 0 spiro atoms. The molecule has 36 heavy (non-hydrogen) atoms. The van der Waals surface area contributed by atoms with Crippen LogP contribution in [0.1, 0.15) is 44.1 Å². The molecule has 4 rings (SSSR count). The fourth-order valence-electron chi connectivity index (χ4n) is 5.52. The molecule has 0 unspecified atom stereocenters. The summed E-state index contributed by atoms with van der Waals surface area (Å²) in [4.78, 5) is 13.1. The first-order valence-electron chi connectivity index (χ1n) is 13.2. The summed E-state index contributed by atoms with van der Waals surface area (Å²) in [6.45, 7) is 3.63. The molecule has 2 aromatic carbocycles. The van der Waals surface area contributed by atoms with Crippen molar-refractivity contribution in [3.05, 3.63) is 72.3 Å². The monoisotopic (exact) mass is 493 g/mol. The average Bonchev–Trinajstić information content (AvgIpc) is 3.22. The van der Waals surface area contributed by atoms with Gasteiger partial charge < -0.3 is 19.7 Å². The molecular formula is C30H39NO5. The maximum absolute atomic E-state index is 11.0. The number of carboxylic acid groups (broad SMARTS) is 1. The molecule has 1 aliphatic heterocycles. The quantitative estimate of drug-likeness (QED) is 0.323. The van der Waals surface area contributed by atoms with E-state index in [0.717, 1.165) is 37.9 Å². The van der Waals surface area contributed by atoms with Crippen LogP contribution in [-0.4, -0.2) is 65.6 Å². The molecule has 6 heteroatoms. The summed E-state index contributed by atoms with van der Waals surface area (Å²) in [5.74, 6) is -0.503. The van der Waals surface area contributed by atoms with E-state index in [-0.39, 0.29) is 24.5 Å². The van der Waals surface area contributed by atoms with Gasteiger partial charge in [-0.3, -0.25) is 9.69 Å². The number of allylic oxidation sites excluding steroid dienone is 2. The fraction of sp³-hybridized carbons (Fsp3) is 0.500. The molecular weight excluding hydrogens is 454 g/mol. The predicted octanol–water partition coefficient (Wildman–Crippen LogP) is 4.91. The Morgan fingerprint density at radius 1 is 1.00 bits per heavy atom. The van der Waals surface area contributed by atoms with Crippen molar-refractivity contribution in [2.45, 2.75) is 63.4 Å². The summed E-state index contributed by atoms with van der Waals surface area (Å²) in [6.07, 6.45) is 7.98. The SMILES string of the molecule is O=C(O)CCC/C=C\CC[C@@H]1[C@@H](N2CCOCC2)[C@H](O)C[C@@H]1OCc1ccc(-c2ccccc2)cc1. The number of hydrogen-bond acceptors (Lipinski definition) is 5. The van der Waals surface area contributed by atoms with Crippen LogP contribution in [0.15, 0.2) is 66.7 Å². The predicted molar refractivity (Wildman–Crippen MR) is 141 cm³/mol. The average molecular weight is 494 g/mol. The van der Waals surface area contributed by atoms with Gasteiger partial charge in [0.25, 0.3) is 0 Å². The molecule has 194 valence electrons. The third-order valence-electron chi connectivity index (χ3n) is 7.37. The van der Waals surface area contributed by atoms with Crippen molar-refractivity contribution >= 4 is 5.97 Å². The van der Waals surface area contributed by atoms with Gasteiger partial charge >= 0.3 is 5.97 Å². The topological polar surface area (TPSA) is 79.2 Å². The lowest BCUT2D eigenvalue weighted by Gasteiger charge is -2.38. The van der Waals surface area contributed by atoms with Gasteiger partial charge in [-0.1, -0.05) is 66.7 Å². The normalized spacial score (nSPS) is 24.9. The Kier molecular flexibility index (Phi) is 10.1. The van der Waals surface area contributed by atoms with Gasteiger partial charge in [0.2, 0.25) is 0 Å². The number of carboxylic acids is 1. The zero-order valence-corrected chi connectivity index (χ0v) is 21.0. The number of carbonyl (C=O) groups is 1. The summed E-state index contributed by atoms with van der Waals surface area (Å²) in [6, 6.07) is 19.0. The Balaban J connectivity index is 1.35. The Morgan fingerprint density at radius 3 is 2.42 bits per heavy atom. The maximum Gasteiger partial charge on any atom is 0.303 e. The zero-order chi connectivity index (χ0) is 25.2. The highest BCUT2D eigenvalue weighted by molar-refractivity contribution is 5.66. The minimum absolute atomic E-state index is 0.00190. The summed E-state index contributed by atoms with van der Waals surface area (Å²) in [5.41, 5.74) is 3.53. The van der Waals surface area contributed by atoms with Gasteiger partial charge in [-0.05, 0) is 42.4 Å². The first kappa shape index (κ1) is 26.6. The summed E-state index contributed by atoms with van der Waals surface area (Å²) >= 11 is 0. The van der Waals surface area contributed by atoms with Gasteiger partial charge in [-0.2, -0.15) is 0 Å². The van der Waals surface area contributed by atoms with Crippen LogP contribution in [0.25, 0.3) is 11.1 Å². The number of hydrogen-bond donors (Lipinski definition) is 2. The summed E-state index contributed by atoms with van der Waals surface area (Å²) < 4.78 is 12.0. The number of morpholine rings is 1. The molecule has 2 aromatic rings. The van der Waals surface area contributed by atoms with Gasteiger partial charge in [-0.25, -0.2) is 0 Å². The lowest BCUT2D eigenvalue weighted by atomic mass is 9.93. The number of aliphatic carboxylic acids is 1. The Bertz CT molecular complexity index is 955. The molecule has 1 aliphatic carbocycles. The standard InChI is InChI=1S/C30H39NO5/c32-27-21-28(36-22-23-13-15-25(16-14-23)24-9-5-4-6-10-24)26(30(27)31-17-19-35-20-18-31)11-7-2-1-3-8-12-29(33)34/h1-2,4-6,9-10,13-16,26-28,30,32H,3,7-8,11-12,17-22H2,(H,33,34)/b2-1-/t26-,27+,28-,30+/m0/s1. The number of aliphatic hydroxyl groups is 1. The van der Waals surface area contributed by atoms with Crippen molar-refractivity contribution in [1.82, 2.24) is 4.90 Å². The van der Waals surface area contributed by atoms with Crippen molar-refractivity contribution in [2.24, 2.45) is 5.92 Å². The van der Waals surface area contributed by atoms with Crippen LogP contribution in [-0.2, 0) is 20.9 Å². The van der Waals surface area contributed by atoms with Crippen molar-refractivity contribution < 1.29 is 24.5 Å². The molecule has 1 saturated heterocycles. The smallest absolute Gasteiger partial charge is 0.303 e. The molecule has 0 radical (unpaired) electrons. The van der Waals surface area contributed by atoms with E-state index in [4.69, 9.17) is 14.6 Å². The lowest BCUT2D eigenvalue weighted by molar-refractivity contribution is -0.137. The molecule has 0 amide bonds. The van der Waals surface area contributed by atoms with E-state index in [1.54, 1.807) is 0 Å². The molecule has 0 aromatic heterocycles. The van der Waals surface area contributed by atoms with E-state index in [1.807, 2.05) is 18.2 Å². The highest BCUT2D eigenvalue weighted by Gasteiger charge is 2.45. The number of unbranched alkanes of at least 4 members (excludes halogenated alkanes) is 1. The Labute approximate surface area is 214 Å². The number of rotatable bonds is 12. The van der Waals surface area contributed by atoms with Gasteiger partial charge in [0.1, 0.15) is 0 Å². The first-order chi connectivity index (χ1) is 17.6. The van der Waals surface area contributed by atoms with Gasteiger partial charge in [0, 0.05) is 37.9 Å². The van der Waals surface area contributed by atoms with Crippen molar-refractivity contribution in [3.63, 3.8) is 0 Å². The van der Waals surface area contributed by atoms with Crippen LogP contribution in [0, 0.1) is 5.92 Å². The molecule has 2 N–H and O–H groups in total. The second kappa shape index (κ2) is 13.7. The summed E-state index contributed by atoms with van der Waals surface area (Å²) in [5, 5.41) is 19.8. The molecule has 2 fully saturated rings. The van der Waals surface area contributed by atoms with E-state index >= 15 is 0 Å². The molecule has 1 saturated carbocycles. The fourth-order valence-corrected chi connectivity index (χ4v) is 5.52. The lowest BCUT2D eigenvalue weighted by Crippen LogP contribution is -2.50. The van der Waals surface area contributed by atoms with E-state index in [9.17, 15) is 9.90 Å². The largest absolute Gasteiger partial charge is 0.481 e. The molecule has 2 aliphatic rings. The van der Waals surface area contributed by atoms with E-state index in [1.165, 1.54) is 11.1 Å². The zero-order valence-electron chi connectivity index (χ0n) is 21.0. The minimum atomic E-state index is -0.744. The second-order valence-corrected chi connectivity index (χ2v) is 9.85. The summed E-state index contributed by atoms with van der Waals surface area (Å²) in [7, 11) is 0. The van der Waals surface area contributed by atoms with Gasteiger partial charge in [0.15, 0.2) is 0 Å². The van der Waals surface area contributed by atoms with Crippen LogP contribution in [0.3, 0.4) is 0 Å². The Hall–Kier alpha value is -2.51. The van der Waals surface area contributed by atoms with Crippen LogP contribution >= 0.6 is 0 Å². The third-order valence-corrected chi connectivity index (χ3v) is 7.37. The number of nitrogens with zero attached hydrogens (tertiary/aromatic N) is 1. The van der Waals surface area contributed by atoms with E-state index in [2.05, 4.69) is 53.5 Å². The van der Waals surface area contributed by atoms with E-state index < -0.39 is 12.1 Å². The first-order valence-corrected chi connectivity index (χ1v) is 13.2. The van der Waals surface area contributed by atoms with Crippen LogP contribution < -0.4 is 0 Å². The maximum atomic E-state index is 11.0. The second-order valence-electron chi connectivity index (χ2n) is 9.85.